The van der Waals surface area contributed by atoms with Crippen LogP contribution in [0.1, 0.15) is 46.5 Å². The van der Waals surface area contributed by atoms with Crippen molar-refractivity contribution in [2.75, 3.05) is 0 Å². The monoisotopic (exact) mass is 508 g/mol. The van der Waals surface area contributed by atoms with E-state index in [1.807, 2.05) is 36.4 Å². The molecule has 2 N–H and O–H groups in total. The lowest BCUT2D eigenvalue weighted by Gasteiger charge is -2.25. The minimum Gasteiger partial charge on any atom is -0.458 e. The highest BCUT2D eigenvalue weighted by Gasteiger charge is 2.37. The summed E-state index contributed by atoms with van der Waals surface area (Å²) in [4.78, 5) is 52.5. The van der Waals surface area contributed by atoms with E-state index in [-0.39, 0.29) is 34.9 Å². The largest absolute Gasteiger partial charge is 0.458 e. The predicted octanol–water partition coefficient (Wildman–Crippen LogP) is 5.04. The Hall–Kier alpha value is -4.99. The van der Waals surface area contributed by atoms with Crippen molar-refractivity contribution in [3.63, 3.8) is 0 Å². The number of para-hydroxylation sites is 1. The number of benzene rings is 3. The first kappa shape index (κ1) is 22.2. The average molecular weight is 508 g/mol. The molecule has 0 radical (unpaired) electrons. The number of H-pyrrole nitrogens is 1. The Balaban J connectivity index is 1.66. The number of nitro benzene ring substituents is 1. The summed E-state index contributed by atoms with van der Waals surface area (Å²) in [6.45, 7) is 1.37. The standard InChI is InChI=1S/C28H20N4O6/c1-13(33)38-16-9-6-14(7-10-16)31-20-11-8-15(32(36)37)12-18(20)22-24-23(27(34)30-28(24)35)21-17-4-2-3-5-19(17)29-25(21)26(22)31/h2-6,8-9,11-12,14,16,29H,7,10H2,1H3,(H,30,34,35)/t14?,16-/m0/s1. The third-order valence-electron chi connectivity index (χ3n) is 7.52. The van der Waals surface area contributed by atoms with E-state index in [0.717, 1.165) is 10.9 Å². The molecule has 10 nitrogen and oxygen atoms in total. The Morgan fingerprint density at radius 1 is 1.03 bits per heavy atom. The van der Waals surface area contributed by atoms with E-state index >= 15 is 0 Å². The number of aromatic nitrogens is 2. The van der Waals surface area contributed by atoms with Crippen LogP contribution < -0.4 is 5.32 Å². The number of carbonyl (C=O) groups excluding carboxylic acids is 3. The molecule has 0 saturated carbocycles. The molecule has 2 aliphatic rings. The van der Waals surface area contributed by atoms with Gasteiger partial charge in [-0.15, -0.1) is 0 Å². The van der Waals surface area contributed by atoms with Crippen LogP contribution in [0.25, 0.3) is 43.6 Å². The first-order valence-electron chi connectivity index (χ1n) is 12.2. The number of nitro groups is 1. The molecule has 1 aliphatic heterocycles. The van der Waals surface area contributed by atoms with Crippen molar-refractivity contribution in [2.45, 2.75) is 31.9 Å². The molecule has 0 bridgehead atoms. The first-order chi connectivity index (χ1) is 18.3. The van der Waals surface area contributed by atoms with Crippen LogP contribution in [0.5, 0.6) is 0 Å². The average Bonchev–Trinajstić information content (AvgIpc) is 3.52. The number of aromatic amines is 1. The maximum Gasteiger partial charge on any atom is 0.303 e. The molecule has 3 aromatic carbocycles. The van der Waals surface area contributed by atoms with Gasteiger partial charge in [-0.1, -0.05) is 24.3 Å². The third kappa shape index (κ3) is 2.97. The number of rotatable bonds is 3. The predicted molar refractivity (Wildman–Crippen MR) is 140 cm³/mol. The molecule has 2 atom stereocenters. The van der Waals surface area contributed by atoms with Gasteiger partial charge >= 0.3 is 5.97 Å². The summed E-state index contributed by atoms with van der Waals surface area (Å²) in [5.41, 5.74) is 3.27. The Morgan fingerprint density at radius 2 is 1.79 bits per heavy atom. The zero-order valence-electron chi connectivity index (χ0n) is 20.1. The zero-order valence-corrected chi connectivity index (χ0v) is 20.1. The Bertz CT molecular complexity index is 1950. The van der Waals surface area contributed by atoms with Crippen LogP contribution >= 0.6 is 0 Å². The topological polar surface area (TPSA) is 136 Å². The number of allylic oxidation sites excluding steroid dienone is 1. The number of imide groups is 1. The van der Waals surface area contributed by atoms with Crippen molar-refractivity contribution in [2.24, 2.45) is 0 Å². The maximum absolute atomic E-state index is 13.2. The smallest absolute Gasteiger partial charge is 0.303 e. The van der Waals surface area contributed by atoms with Gasteiger partial charge in [0.1, 0.15) is 6.10 Å². The molecule has 1 unspecified atom stereocenters. The molecule has 5 aromatic rings. The Morgan fingerprint density at radius 3 is 2.50 bits per heavy atom. The van der Waals surface area contributed by atoms with Gasteiger partial charge in [-0.25, -0.2) is 0 Å². The van der Waals surface area contributed by atoms with E-state index in [4.69, 9.17) is 4.74 Å². The fourth-order valence-corrected chi connectivity index (χ4v) is 6.08. The van der Waals surface area contributed by atoms with Crippen LogP contribution in [-0.2, 0) is 9.53 Å². The van der Waals surface area contributed by atoms with Crippen LogP contribution in [0, 0.1) is 10.1 Å². The number of amides is 2. The summed E-state index contributed by atoms with van der Waals surface area (Å²) in [6.07, 6.45) is 4.70. The van der Waals surface area contributed by atoms with Gasteiger partial charge in [0.2, 0.25) is 0 Å². The highest BCUT2D eigenvalue weighted by Crippen LogP contribution is 2.46. The maximum atomic E-state index is 13.2. The van der Waals surface area contributed by atoms with E-state index < -0.39 is 16.7 Å². The minimum absolute atomic E-state index is 0.110. The van der Waals surface area contributed by atoms with E-state index in [0.29, 0.717) is 45.6 Å². The van der Waals surface area contributed by atoms with Gasteiger partial charge in [0.25, 0.3) is 17.5 Å². The molecule has 2 aromatic heterocycles. The van der Waals surface area contributed by atoms with E-state index in [1.165, 1.54) is 19.1 Å². The number of ether oxygens (including phenoxy) is 1. The number of carbonyl (C=O) groups is 3. The molecule has 0 saturated heterocycles. The van der Waals surface area contributed by atoms with Crippen molar-refractivity contribution in [3.05, 3.63) is 75.9 Å². The molecule has 0 spiro atoms. The third-order valence-corrected chi connectivity index (χ3v) is 7.52. The molecular weight excluding hydrogens is 488 g/mol. The summed E-state index contributed by atoms with van der Waals surface area (Å²) in [5.74, 6) is -1.37. The number of fused-ring (bicyclic) bond motifs is 10. The van der Waals surface area contributed by atoms with Gasteiger partial charge in [0.05, 0.1) is 38.6 Å². The van der Waals surface area contributed by atoms with Crippen LogP contribution in [0.4, 0.5) is 5.69 Å². The lowest BCUT2D eigenvalue weighted by molar-refractivity contribution is -0.384. The Labute approximate surface area is 214 Å². The highest BCUT2D eigenvalue weighted by atomic mass is 16.6. The second-order valence-corrected chi connectivity index (χ2v) is 9.68. The van der Waals surface area contributed by atoms with Gasteiger partial charge in [-0.05, 0) is 31.1 Å². The van der Waals surface area contributed by atoms with E-state index in [1.54, 1.807) is 6.07 Å². The Kier molecular flexibility index (Phi) is 4.53. The van der Waals surface area contributed by atoms with Crippen LogP contribution in [0.15, 0.2) is 54.6 Å². The molecule has 188 valence electrons. The van der Waals surface area contributed by atoms with Crippen LogP contribution in [0.3, 0.4) is 0 Å². The molecule has 38 heavy (non-hydrogen) atoms. The SMILES string of the molecule is CC(=O)O[C@H]1C=CC(n2c3ccc([N+](=O)[O-])cc3c3c4c(c5c6ccccc6[nH]c5c32)C(=O)NC4=O)CC1. The lowest BCUT2D eigenvalue weighted by atomic mass is 9.96. The van der Waals surface area contributed by atoms with Crippen molar-refractivity contribution in [1.82, 2.24) is 14.9 Å². The van der Waals surface area contributed by atoms with Crippen molar-refractivity contribution < 1.29 is 24.0 Å². The summed E-state index contributed by atoms with van der Waals surface area (Å²) >= 11 is 0. The van der Waals surface area contributed by atoms with Crippen molar-refractivity contribution >= 4 is 67.1 Å². The molecule has 7 rings (SSSR count). The molecular formula is C28H20N4O6. The number of nitrogens with zero attached hydrogens (tertiary/aromatic N) is 2. The number of non-ortho nitro benzene ring substituents is 1. The second kappa shape index (κ2) is 7.75. The number of hydrogen-bond donors (Lipinski definition) is 2. The minimum atomic E-state index is -0.526. The molecule has 0 fully saturated rings. The van der Waals surface area contributed by atoms with Crippen LogP contribution in [0.2, 0.25) is 0 Å². The van der Waals surface area contributed by atoms with E-state index in [2.05, 4.69) is 14.9 Å². The summed E-state index contributed by atoms with van der Waals surface area (Å²) < 4.78 is 7.44. The lowest BCUT2D eigenvalue weighted by Crippen LogP contribution is -2.20. The van der Waals surface area contributed by atoms with Crippen LogP contribution in [-0.4, -0.2) is 38.4 Å². The summed E-state index contributed by atoms with van der Waals surface area (Å²) in [5, 5.41) is 16.6. The second-order valence-electron chi connectivity index (χ2n) is 9.68. The van der Waals surface area contributed by atoms with Gasteiger partial charge in [-0.2, -0.15) is 0 Å². The zero-order chi connectivity index (χ0) is 26.3. The van der Waals surface area contributed by atoms with Gasteiger partial charge in [0.15, 0.2) is 0 Å². The summed E-state index contributed by atoms with van der Waals surface area (Å²) in [7, 11) is 0. The van der Waals surface area contributed by atoms with Gasteiger partial charge in [0, 0.05) is 46.1 Å². The molecule has 3 heterocycles. The fraction of sp³-hybridized carbons (Fsp3) is 0.179. The number of nitrogens with one attached hydrogen (secondary N) is 2. The fourth-order valence-electron chi connectivity index (χ4n) is 6.08. The quantitative estimate of drug-likeness (QED) is 0.115. The van der Waals surface area contributed by atoms with Crippen molar-refractivity contribution in [3.8, 4) is 0 Å². The molecule has 1 aliphatic carbocycles. The highest BCUT2D eigenvalue weighted by molar-refractivity contribution is 6.39. The normalized spacial score (nSPS) is 19.0. The molecule has 2 amide bonds. The molecule has 10 heteroatoms. The van der Waals surface area contributed by atoms with Gasteiger partial charge < -0.3 is 14.3 Å². The van der Waals surface area contributed by atoms with E-state index in [9.17, 15) is 24.5 Å². The van der Waals surface area contributed by atoms with Gasteiger partial charge in [-0.3, -0.25) is 29.8 Å². The summed E-state index contributed by atoms with van der Waals surface area (Å²) in [6, 6.07) is 12.0. The van der Waals surface area contributed by atoms with Crippen molar-refractivity contribution in [1.29, 1.82) is 0 Å². The number of esters is 1. The number of hydrogen-bond acceptors (Lipinski definition) is 6. The first-order valence-corrected chi connectivity index (χ1v) is 12.2.